The number of nitrogens with zero attached hydrogens (tertiary/aromatic N) is 2. The van der Waals surface area contributed by atoms with Crippen molar-refractivity contribution in [2.75, 3.05) is 0 Å². The molecule has 5 nitrogen and oxygen atoms in total. The number of hydrogen-bond acceptors (Lipinski definition) is 3. The second kappa shape index (κ2) is 13.5. The molecule has 3 N–H and O–H groups in total. The van der Waals surface area contributed by atoms with Crippen LogP contribution in [0.15, 0.2) is 200 Å². The lowest BCUT2D eigenvalue weighted by molar-refractivity contribution is 0.203. The van der Waals surface area contributed by atoms with E-state index in [-0.39, 0.29) is 18.5 Å². The number of rotatable bonds is 6. The molecule has 2 atom stereocenters. The van der Waals surface area contributed by atoms with Crippen LogP contribution in [-0.4, -0.2) is 9.13 Å². The van der Waals surface area contributed by atoms with Gasteiger partial charge in [-0.05, 0) is 64.7 Å². The Balaban J connectivity index is 1.18. The average molecular weight is 722 g/mol. The van der Waals surface area contributed by atoms with Gasteiger partial charge in [-0.15, -0.1) is 0 Å². The van der Waals surface area contributed by atoms with Gasteiger partial charge < -0.3 is 9.13 Å². The van der Waals surface area contributed by atoms with Gasteiger partial charge in [-0.3, -0.25) is 16.0 Å². The van der Waals surface area contributed by atoms with Gasteiger partial charge in [-0.2, -0.15) is 0 Å². The Morgan fingerprint density at radius 1 is 0.321 bits per heavy atom. The number of benzene rings is 8. The van der Waals surface area contributed by atoms with Crippen molar-refractivity contribution in [2.45, 2.75) is 18.5 Å². The van der Waals surface area contributed by atoms with Crippen LogP contribution in [0.25, 0.3) is 66.1 Å². The lowest BCUT2D eigenvalue weighted by Gasteiger charge is -2.39. The minimum absolute atomic E-state index is 0.0533. The van der Waals surface area contributed by atoms with E-state index >= 15 is 0 Å². The van der Waals surface area contributed by atoms with E-state index < -0.39 is 0 Å². The Morgan fingerprint density at radius 3 is 1.29 bits per heavy atom. The fourth-order valence-electron chi connectivity index (χ4n) is 8.92. The Kier molecular flexibility index (Phi) is 7.88. The van der Waals surface area contributed by atoms with E-state index in [1.165, 1.54) is 65.9 Å². The topological polar surface area (TPSA) is 46.0 Å². The molecular formula is C51H39N5. The summed E-state index contributed by atoms with van der Waals surface area (Å²) in [6.07, 6.45) is -0.231. The highest BCUT2D eigenvalue weighted by atomic mass is 15.4. The van der Waals surface area contributed by atoms with E-state index in [2.05, 4.69) is 225 Å². The maximum absolute atomic E-state index is 3.90. The van der Waals surface area contributed by atoms with Gasteiger partial charge in [0.05, 0.1) is 40.6 Å². The summed E-state index contributed by atoms with van der Waals surface area (Å²) in [5.41, 5.74) is 13.0. The normalized spacial score (nSPS) is 17.2. The van der Waals surface area contributed by atoms with E-state index in [9.17, 15) is 0 Å². The molecule has 1 aliphatic rings. The molecule has 0 aliphatic carbocycles. The van der Waals surface area contributed by atoms with Crippen LogP contribution in [0, 0.1) is 0 Å². The molecular weight excluding hydrogens is 683 g/mol. The van der Waals surface area contributed by atoms with Crippen LogP contribution in [0.1, 0.15) is 35.2 Å². The maximum atomic E-state index is 3.90. The standard InChI is InChI=1S/C51H39N5/c1-5-18-34(19-6-1)46-47-42(40-28-13-15-30-44(40)55(47)38-25-11-4-12-26-38)33-43-41-29-14-16-31-45(41)56(48(43)46)39-27-17-24-37(32-39)51-53-49(35-20-7-2-8-21-35)52-50(54-51)36-22-9-3-10-23-36/h1-33,49-54H. The zero-order valence-electron chi connectivity index (χ0n) is 30.7. The van der Waals surface area contributed by atoms with Crippen molar-refractivity contribution in [3.05, 3.63) is 217 Å². The minimum atomic E-state index is -0.124. The average Bonchev–Trinajstić information content (AvgIpc) is 3.79. The van der Waals surface area contributed by atoms with Crippen molar-refractivity contribution in [2.24, 2.45) is 0 Å². The first-order valence-corrected chi connectivity index (χ1v) is 19.4. The first kappa shape index (κ1) is 32.7. The summed E-state index contributed by atoms with van der Waals surface area (Å²) >= 11 is 0. The van der Waals surface area contributed by atoms with Gasteiger partial charge in [-0.1, -0.05) is 158 Å². The Hall–Kier alpha value is -6.76. The molecule has 56 heavy (non-hydrogen) atoms. The summed E-state index contributed by atoms with van der Waals surface area (Å²) < 4.78 is 4.95. The zero-order chi connectivity index (χ0) is 37.0. The monoisotopic (exact) mass is 721 g/mol. The fourth-order valence-corrected chi connectivity index (χ4v) is 8.92. The minimum Gasteiger partial charge on any atom is -0.309 e. The molecule has 0 bridgehead atoms. The highest BCUT2D eigenvalue weighted by Gasteiger charge is 2.30. The predicted molar refractivity (Wildman–Crippen MR) is 231 cm³/mol. The molecule has 1 fully saturated rings. The van der Waals surface area contributed by atoms with E-state index in [0.717, 1.165) is 16.9 Å². The number of fused-ring (bicyclic) bond motifs is 6. The van der Waals surface area contributed by atoms with E-state index in [4.69, 9.17) is 0 Å². The molecule has 0 spiro atoms. The van der Waals surface area contributed by atoms with Crippen molar-refractivity contribution in [3.8, 4) is 22.5 Å². The predicted octanol–water partition coefficient (Wildman–Crippen LogP) is 11.7. The Bertz CT molecular complexity index is 2960. The fraction of sp³-hybridized carbons (Fsp3) is 0.0588. The molecule has 11 rings (SSSR count). The van der Waals surface area contributed by atoms with Crippen LogP contribution in [-0.2, 0) is 0 Å². The number of aromatic nitrogens is 2. The molecule has 1 aliphatic heterocycles. The number of nitrogens with one attached hydrogen (secondary N) is 3. The van der Waals surface area contributed by atoms with Gasteiger partial charge in [0, 0.05) is 38.5 Å². The van der Waals surface area contributed by atoms with Gasteiger partial charge >= 0.3 is 0 Å². The van der Waals surface area contributed by atoms with Crippen LogP contribution in [0.4, 0.5) is 0 Å². The van der Waals surface area contributed by atoms with E-state index in [0.29, 0.717) is 0 Å². The summed E-state index contributed by atoms with van der Waals surface area (Å²) in [7, 11) is 0. The third-order valence-electron chi connectivity index (χ3n) is 11.4. The van der Waals surface area contributed by atoms with Crippen molar-refractivity contribution in [1.82, 2.24) is 25.1 Å². The van der Waals surface area contributed by atoms with Gasteiger partial charge in [-0.25, -0.2) is 0 Å². The highest BCUT2D eigenvalue weighted by Crippen LogP contribution is 2.46. The van der Waals surface area contributed by atoms with Crippen molar-refractivity contribution >= 4 is 43.6 Å². The summed E-state index contributed by atoms with van der Waals surface area (Å²) in [4.78, 5) is 0. The first-order valence-electron chi connectivity index (χ1n) is 19.4. The molecule has 0 radical (unpaired) electrons. The third-order valence-corrected chi connectivity index (χ3v) is 11.4. The zero-order valence-corrected chi connectivity index (χ0v) is 30.7. The second-order valence-electron chi connectivity index (χ2n) is 14.7. The van der Waals surface area contributed by atoms with Gasteiger partial charge in [0.2, 0.25) is 0 Å². The highest BCUT2D eigenvalue weighted by molar-refractivity contribution is 6.25. The Labute approximate surface area is 325 Å². The van der Waals surface area contributed by atoms with Crippen molar-refractivity contribution in [3.63, 3.8) is 0 Å². The van der Waals surface area contributed by atoms with Gasteiger partial charge in [0.25, 0.3) is 0 Å². The molecule has 2 unspecified atom stereocenters. The smallest absolute Gasteiger partial charge is 0.0865 e. The van der Waals surface area contributed by atoms with Gasteiger partial charge in [0.15, 0.2) is 0 Å². The van der Waals surface area contributed by atoms with Crippen LogP contribution in [0.5, 0.6) is 0 Å². The molecule has 8 aromatic carbocycles. The van der Waals surface area contributed by atoms with Crippen LogP contribution >= 0.6 is 0 Å². The van der Waals surface area contributed by atoms with E-state index in [1.807, 2.05) is 0 Å². The van der Waals surface area contributed by atoms with Crippen molar-refractivity contribution < 1.29 is 0 Å². The number of hydrogen-bond donors (Lipinski definition) is 3. The quantitative estimate of drug-likeness (QED) is 0.160. The molecule has 2 aromatic heterocycles. The third kappa shape index (κ3) is 5.36. The summed E-state index contributed by atoms with van der Waals surface area (Å²) in [5.74, 6) is 0. The largest absolute Gasteiger partial charge is 0.309 e. The molecule has 268 valence electrons. The molecule has 3 heterocycles. The van der Waals surface area contributed by atoms with Crippen LogP contribution in [0.2, 0.25) is 0 Å². The summed E-state index contributed by atoms with van der Waals surface area (Å²) in [6, 6.07) is 72.2. The first-order chi connectivity index (χ1) is 27.8. The second-order valence-corrected chi connectivity index (χ2v) is 14.7. The van der Waals surface area contributed by atoms with E-state index in [1.54, 1.807) is 0 Å². The van der Waals surface area contributed by atoms with Crippen LogP contribution < -0.4 is 16.0 Å². The van der Waals surface area contributed by atoms with Crippen molar-refractivity contribution in [1.29, 1.82) is 0 Å². The Morgan fingerprint density at radius 2 is 0.732 bits per heavy atom. The molecule has 10 aromatic rings. The lowest BCUT2D eigenvalue weighted by Crippen LogP contribution is -2.54. The summed E-state index contributed by atoms with van der Waals surface area (Å²) in [5, 5.41) is 16.6. The molecule has 0 amide bonds. The molecule has 5 heteroatoms. The lowest BCUT2D eigenvalue weighted by atomic mass is 9.97. The number of para-hydroxylation sites is 3. The SMILES string of the molecule is c1ccc(-c2c3c(cc4c5ccccc5n(-c5cccc(C6NC(c7ccccc7)NC(c7ccccc7)N6)c5)c24)c2ccccc2n3-c2ccccc2)cc1. The summed E-state index contributed by atoms with van der Waals surface area (Å²) in [6.45, 7) is 0. The van der Waals surface area contributed by atoms with Gasteiger partial charge in [0.1, 0.15) is 0 Å². The molecule has 0 saturated carbocycles. The maximum Gasteiger partial charge on any atom is 0.0865 e. The molecule has 1 saturated heterocycles. The van der Waals surface area contributed by atoms with Crippen LogP contribution in [0.3, 0.4) is 0 Å².